The molecular weight excluding hydrogens is 659 g/mol. The van der Waals surface area contributed by atoms with Crippen LogP contribution in [0.2, 0.25) is 0 Å². The normalized spacial score (nSPS) is 14.5. The first-order valence-electron chi connectivity index (χ1n) is 15.5. The van der Waals surface area contributed by atoms with E-state index in [0.29, 0.717) is 29.1 Å². The Kier molecular flexibility index (Phi) is 13.1. The molecule has 3 nitrogen and oxygen atoms in total. The van der Waals surface area contributed by atoms with E-state index in [0.717, 1.165) is 27.7 Å². The molecule has 2 aliphatic rings. The number of thioether (sulfide) groups is 6. The summed E-state index contributed by atoms with van der Waals surface area (Å²) in [5.74, 6) is 2.25. The summed E-state index contributed by atoms with van der Waals surface area (Å²) >= 11 is 11.2. The van der Waals surface area contributed by atoms with E-state index in [1.807, 2.05) is 112 Å². The first-order chi connectivity index (χ1) is 21.6. The van der Waals surface area contributed by atoms with Crippen molar-refractivity contribution >= 4 is 82.1 Å². The molecule has 0 bridgehead atoms. The Balaban J connectivity index is 1.52. The number of unbranched alkanes of at least 4 members (excludes halogenated alkanes) is 4. The van der Waals surface area contributed by atoms with E-state index in [4.69, 9.17) is 0 Å². The van der Waals surface area contributed by atoms with Crippen molar-refractivity contribution in [1.82, 2.24) is 4.57 Å². The van der Waals surface area contributed by atoms with Crippen LogP contribution in [0.3, 0.4) is 0 Å². The Bertz CT molecular complexity index is 1420. The van der Waals surface area contributed by atoms with Gasteiger partial charge in [-0.15, -0.1) is 23.5 Å². The maximum Gasteiger partial charge on any atom is 0.210 e. The zero-order valence-electron chi connectivity index (χ0n) is 25.6. The highest BCUT2D eigenvalue weighted by molar-refractivity contribution is 8.42. The lowest BCUT2D eigenvalue weighted by Crippen LogP contribution is -2.17. The highest BCUT2D eigenvalue weighted by Gasteiger charge is 2.38. The predicted octanol–water partition coefficient (Wildman–Crippen LogP) is 12.1. The monoisotopic (exact) mass is 697 g/mol. The van der Waals surface area contributed by atoms with Crippen LogP contribution < -0.4 is 0 Å². The lowest BCUT2D eigenvalue weighted by atomic mass is 10.1. The fraction of sp³-hybridized carbons (Fsp3) is 0.371. The molecule has 0 spiro atoms. The van der Waals surface area contributed by atoms with E-state index in [1.165, 1.54) is 55.5 Å². The van der Waals surface area contributed by atoms with Crippen LogP contribution in [0, 0.1) is 0 Å². The van der Waals surface area contributed by atoms with Gasteiger partial charge in [-0.1, -0.05) is 154 Å². The molecule has 44 heavy (non-hydrogen) atoms. The number of benzene rings is 2. The molecule has 0 saturated carbocycles. The Morgan fingerprint density at radius 3 is 1.43 bits per heavy atom. The molecule has 2 aromatic carbocycles. The van der Waals surface area contributed by atoms with Gasteiger partial charge in [-0.25, -0.2) is 0 Å². The summed E-state index contributed by atoms with van der Waals surface area (Å²) in [5, 5.41) is 0. The molecule has 9 heteroatoms. The number of hydrogen-bond acceptors (Lipinski definition) is 8. The summed E-state index contributed by atoms with van der Waals surface area (Å²) < 4.78 is 7.32. The van der Waals surface area contributed by atoms with Crippen molar-refractivity contribution in [3.8, 4) is 0 Å². The number of ketones is 2. The summed E-state index contributed by atoms with van der Waals surface area (Å²) in [5.41, 5.74) is 2.59. The SMILES string of the molecule is CCCCCSC1=C(SCCCCC)SC(=C2Sc3c(c(C(=O)c4ccccc4)n(CCC)c3C(=O)c3ccccc3)S2)S1. The van der Waals surface area contributed by atoms with Crippen molar-refractivity contribution < 1.29 is 9.59 Å². The first-order valence-corrected chi connectivity index (χ1v) is 20.7. The summed E-state index contributed by atoms with van der Waals surface area (Å²) in [7, 11) is 0. The van der Waals surface area contributed by atoms with Crippen molar-refractivity contribution in [3.63, 3.8) is 0 Å². The molecule has 0 amide bonds. The van der Waals surface area contributed by atoms with E-state index in [1.54, 1.807) is 23.5 Å². The molecule has 0 fully saturated rings. The van der Waals surface area contributed by atoms with Crippen molar-refractivity contribution in [2.45, 2.75) is 82.1 Å². The Labute approximate surface area is 288 Å². The third-order valence-electron chi connectivity index (χ3n) is 7.18. The van der Waals surface area contributed by atoms with Gasteiger partial charge in [0.25, 0.3) is 0 Å². The molecule has 5 rings (SSSR count). The molecule has 3 aromatic rings. The Morgan fingerprint density at radius 2 is 1.02 bits per heavy atom. The van der Waals surface area contributed by atoms with Crippen LogP contribution in [0.5, 0.6) is 0 Å². The van der Waals surface area contributed by atoms with Crippen LogP contribution in [0.4, 0.5) is 0 Å². The molecule has 3 heterocycles. The van der Waals surface area contributed by atoms with Gasteiger partial charge in [0.2, 0.25) is 11.6 Å². The van der Waals surface area contributed by atoms with Crippen LogP contribution in [0.1, 0.15) is 97.8 Å². The van der Waals surface area contributed by atoms with Crippen molar-refractivity contribution in [2.75, 3.05) is 11.5 Å². The minimum absolute atomic E-state index is 0.0223. The fourth-order valence-electron chi connectivity index (χ4n) is 4.97. The van der Waals surface area contributed by atoms with E-state index >= 15 is 0 Å². The van der Waals surface area contributed by atoms with E-state index in [-0.39, 0.29) is 11.6 Å². The minimum Gasteiger partial charge on any atom is -0.333 e. The second-order valence-corrected chi connectivity index (χ2v) is 17.9. The minimum atomic E-state index is -0.0223. The van der Waals surface area contributed by atoms with Gasteiger partial charge in [0.05, 0.1) is 26.7 Å². The number of carbonyl (C=O) groups is 2. The molecule has 2 aliphatic heterocycles. The summed E-state index contributed by atoms with van der Waals surface area (Å²) in [6, 6.07) is 19.0. The Hall–Kier alpha value is -1.36. The summed E-state index contributed by atoms with van der Waals surface area (Å²) in [6.45, 7) is 7.23. The lowest BCUT2D eigenvalue weighted by Gasteiger charge is -2.14. The quantitative estimate of drug-likeness (QED) is 0.108. The number of rotatable bonds is 16. The van der Waals surface area contributed by atoms with Crippen LogP contribution in [-0.2, 0) is 6.54 Å². The molecule has 0 unspecified atom stereocenters. The maximum atomic E-state index is 14.2. The van der Waals surface area contributed by atoms with Gasteiger partial charge in [-0.05, 0) is 30.8 Å². The predicted molar refractivity (Wildman–Crippen MR) is 199 cm³/mol. The highest BCUT2D eigenvalue weighted by atomic mass is 32.3. The molecule has 0 aliphatic carbocycles. The number of carbonyl (C=O) groups excluding carboxylic acids is 2. The van der Waals surface area contributed by atoms with Crippen molar-refractivity contribution in [1.29, 1.82) is 0 Å². The van der Waals surface area contributed by atoms with Gasteiger partial charge in [0, 0.05) is 17.7 Å². The number of nitrogens with zero attached hydrogens (tertiary/aromatic N) is 1. The lowest BCUT2D eigenvalue weighted by molar-refractivity contribution is 0.102. The second-order valence-electron chi connectivity index (χ2n) is 10.6. The zero-order valence-corrected chi connectivity index (χ0v) is 30.5. The third kappa shape index (κ3) is 7.95. The van der Waals surface area contributed by atoms with E-state index in [9.17, 15) is 9.59 Å². The fourth-order valence-corrected chi connectivity index (χ4v) is 14.0. The molecule has 0 N–H and O–H groups in total. The van der Waals surface area contributed by atoms with Gasteiger partial charge >= 0.3 is 0 Å². The van der Waals surface area contributed by atoms with Gasteiger partial charge in [0.1, 0.15) is 11.4 Å². The highest BCUT2D eigenvalue weighted by Crippen LogP contribution is 2.65. The number of fused-ring (bicyclic) bond motifs is 1. The third-order valence-corrected chi connectivity index (χ3v) is 16.0. The average Bonchev–Trinajstić information content (AvgIpc) is 3.74. The number of aromatic nitrogens is 1. The molecule has 0 atom stereocenters. The second kappa shape index (κ2) is 17.0. The molecular formula is C35H39NO2S6. The van der Waals surface area contributed by atoms with Crippen molar-refractivity contribution in [3.05, 3.63) is 100 Å². The maximum absolute atomic E-state index is 14.2. The zero-order chi connectivity index (χ0) is 30.9. The average molecular weight is 698 g/mol. The van der Waals surface area contributed by atoms with Gasteiger partial charge in [-0.2, -0.15) is 0 Å². The van der Waals surface area contributed by atoms with Gasteiger partial charge in [-0.3, -0.25) is 9.59 Å². The van der Waals surface area contributed by atoms with Gasteiger partial charge < -0.3 is 4.57 Å². The van der Waals surface area contributed by atoms with E-state index < -0.39 is 0 Å². The van der Waals surface area contributed by atoms with E-state index in [2.05, 4.69) is 20.8 Å². The van der Waals surface area contributed by atoms with Gasteiger partial charge in [0.15, 0.2) is 0 Å². The molecule has 0 radical (unpaired) electrons. The molecule has 1 aromatic heterocycles. The standard InChI is InChI=1S/C35H39NO2S6/c1-4-7-15-22-39-32-33(40-23-16-8-5-2)44-35(43-32)34-41-30-26(28(37)24-17-11-9-12-18-24)36(21-6-3)27(31(30)42-34)29(38)25-19-13-10-14-20-25/h9-14,17-20H,4-8,15-16,21-23H2,1-3H3. The number of hydrogen-bond donors (Lipinski definition) is 0. The van der Waals surface area contributed by atoms with Crippen LogP contribution in [-0.4, -0.2) is 27.6 Å². The smallest absolute Gasteiger partial charge is 0.210 e. The largest absolute Gasteiger partial charge is 0.333 e. The first kappa shape index (κ1) is 34.0. The molecule has 0 saturated heterocycles. The molecule has 232 valence electrons. The van der Waals surface area contributed by atoms with Crippen LogP contribution >= 0.6 is 70.6 Å². The topological polar surface area (TPSA) is 39.1 Å². The van der Waals surface area contributed by atoms with Crippen LogP contribution in [0.15, 0.2) is 87.4 Å². The summed E-state index contributed by atoms with van der Waals surface area (Å²) in [4.78, 5) is 30.2. The van der Waals surface area contributed by atoms with Crippen LogP contribution in [0.25, 0.3) is 0 Å². The van der Waals surface area contributed by atoms with Crippen molar-refractivity contribution in [2.24, 2.45) is 0 Å². The Morgan fingerprint density at radius 1 is 0.591 bits per heavy atom. The summed E-state index contributed by atoms with van der Waals surface area (Å²) in [6.07, 6.45) is 8.30.